The predicted molar refractivity (Wildman–Crippen MR) is 151 cm³/mol. The van der Waals surface area contributed by atoms with E-state index in [1.54, 1.807) is 47.5 Å². The number of carbonyl (C=O) groups excluding carboxylic acids is 2. The van der Waals surface area contributed by atoms with Crippen LogP contribution < -0.4 is 4.90 Å². The molecule has 6 rings (SSSR count). The number of halogens is 2. The van der Waals surface area contributed by atoms with Gasteiger partial charge in [-0.15, -0.1) is 0 Å². The predicted octanol–water partition coefficient (Wildman–Crippen LogP) is 3.10. The number of fused-ring (bicyclic) bond motifs is 2. The van der Waals surface area contributed by atoms with Crippen molar-refractivity contribution in [2.75, 3.05) is 44.2 Å². The quantitative estimate of drug-likeness (QED) is 0.313. The summed E-state index contributed by atoms with van der Waals surface area (Å²) in [6, 6.07) is 11.7. The van der Waals surface area contributed by atoms with Crippen molar-refractivity contribution in [2.45, 2.75) is 36.0 Å². The van der Waals surface area contributed by atoms with E-state index in [0.29, 0.717) is 42.2 Å². The Bertz CT molecular complexity index is 1650. The van der Waals surface area contributed by atoms with E-state index in [1.165, 1.54) is 13.0 Å². The second-order valence-electron chi connectivity index (χ2n) is 10.6. The maximum Gasteiger partial charge on any atom is 0.302 e. The summed E-state index contributed by atoms with van der Waals surface area (Å²) >= 11 is 12.1. The first kappa shape index (κ1) is 28.1. The smallest absolute Gasteiger partial charge is 0.302 e. The van der Waals surface area contributed by atoms with E-state index in [0.717, 1.165) is 9.69 Å². The molecule has 1 unspecified atom stereocenters. The fourth-order valence-electron chi connectivity index (χ4n) is 5.87. The number of ether oxygens (including phenoxy) is 2. The molecule has 3 fully saturated rings. The normalized spacial score (nSPS) is 22.8. The summed E-state index contributed by atoms with van der Waals surface area (Å²) in [4.78, 5) is 37.3. The van der Waals surface area contributed by atoms with Crippen molar-refractivity contribution in [3.05, 3.63) is 59.0 Å². The average Bonchev–Trinajstić information content (AvgIpc) is 3.26. The minimum absolute atomic E-state index is 0.0424. The molecule has 1 spiro atoms. The first-order valence-electron chi connectivity index (χ1n) is 13.1. The van der Waals surface area contributed by atoms with Crippen LogP contribution in [-0.2, 0) is 29.1 Å². The summed E-state index contributed by atoms with van der Waals surface area (Å²) in [5.74, 6) is -0.280. The Balaban J connectivity index is 1.28. The van der Waals surface area contributed by atoms with Gasteiger partial charge in [-0.05, 0) is 65.5 Å². The lowest BCUT2D eigenvalue weighted by Gasteiger charge is -2.44. The number of carbonyl (C=O) groups is 2. The summed E-state index contributed by atoms with van der Waals surface area (Å²) in [6.07, 6.45) is 2.67. The van der Waals surface area contributed by atoms with E-state index in [1.807, 2.05) is 0 Å². The highest BCUT2D eigenvalue weighted by atomic mass is 35.5. The van der Waals surface area contributed by atoms with Crippen LogP contribution in [0.25, 0.3) is 10.8 Å². The Morgan fingerprint density at radius 3 is 2.54 bits per heavy atom. The Kier molecular flexibility index (Phi) is 7.10. The third kappa shape index (κ3) is 5.23. The molecule has 4 heterocycles. The minimum atomic E-state index is -4.11. The minimum Gasteiger partial charge on any atom is -0.461 e. The van der Waals surface area contributed by atoms with Gasteiger partial charge in [0.05, 0.1) is 30.1 Å². The number of benzene rings is 2. The van der Waals surface area contributed by atoms with E-state index in [2.05, 4.69) is 14.9 Å². The second kappa shape index (κ2) is 10.4. The molecule has 216 valence electrons. The average molecular weight is 621 g/mol. The standard InChI is InChI=1S/C27H27Cl2N5O6S/c1-18(35)39-17-27-16-33(41(37,38)22-5-3-19-12-21(28)4-2-20(19)13-22)14-24(36)34(27)15-26(40-27)7-10-32(11-8-26)23-6-9-30-25(29)31-23/h2-6,9,12-13H,7-8,10-11,14-17H2,1H3. The molecule has 0 N–H and O–H groups in total. The van der Waals surface area contributed by atoms with Crippen LogP contribution in [0.1, 0.15) is 19.8 Å². The van der Waals surface area contributed by atoms with Gasteiger partial charge in [0.2, 0.25) is 21.2 Å². The van der Waals surface area contributed by atoms with E-state index >= 15 is 0 Å². The van der Waals surface area contributed by atoms with Crippen molar-refractivity contribution in [1.82, 2.24) is 19.2 Å². The van der Waals surface area contributed by atoms with Gasteiger partial charge in [-0.2, -0.15) is 4.31 Å². The lowest BCUT2D eigenvalue weighted by Crippen LogP contribution is -2.65. The molecule has 2 aromatic carbocycles. The lowest BCUT2D eigenvalue weighted by atomic mass is 9.91. The maximum absolute atomic E-state index is 13.8. The first-order chi connectivity index (χ1) is 19.5. The van der Waals surface area contributed by atoms with E-state index in [9.17, 15) is 18.0 Å². The summed E-state index contributed by atoms with van der Waals surface area (Å²) in [5.41, 5.74) is -2.20. The fourth-order valence-corrected chi connectivity index (χ4v) is 7.66. The van der Waals surface area contributed by atoms with Gasteiger partial charge in [0.25, 0.3) is 0 Å². The van der Waals surface area contributed by atoms with Crippen molar-refractivity contribution in [2.24, 2.45) is 0 Å². The zero-order valence-electron chi connectivity index (χ0n) is 22.1. The lowest BCUT2D eigenvalue weighted by molar-refractivity contribution is -0.200. The first-order valence-corrected chi connectivity index (χ1v) is 15.3. The van der Waals surface area contributed by atoms with Crippen molar-refractivity contribution >= 4 is 61.7 Å². The van der Waals surface area contributed by atoms with Crippen molar-refractivity contribution in [1.29, 1.82) is 0 Å². The third-order valence-corrected chi connectivity index (χ3v) is 10.1. The molecule has 3 aliphatic heterocycles. The number of nitrogens with zero attached hydrogens (tertiary/aromatic N) is 5. The number of anilines is 1. The van der Waals surface area contributed by atoms with Crippen molar-refractivity contribution in [3.8, 4) is 0 Å². The summed E-state index contributed by atoms with van der Waals surface area (Å²) in [6.45, 7) is 1.84. The molecule has 0 radical (unpaired) electrons. The Morgan fingerprint density at radius 1 is 1.07 bits per heavy atom. The van der Waals surface area contributed by atoms with Gasteiger partial charge in [0.1, 0.15) is 12.4 Å². The van der Waals surface area contributed by atoms with Gasteiger partial charge in [-0.3, -0.25) is 9.59 Å². The molecule has 1 amide bonds. The van der Waals surface area contributed by atoms with E-state index in [4.69, 9.17) is 32.7 Å². The number of piperidine rings is 1. The van der Waals surface area contributed by atoms with Gasteiger partial charge in [0, 0.05) is 31.2 Å². The molecular formula is C27H27Cl2N5O6S. The Hall–Kier alpha value is -3.03. The monoisotopic (exact) mass is 619 g/mol. The number of amides is 1. The summed E-state index contributed by atoms with van der Waals surface area (Å²) in [7, 11) is -4.11. The number of rotatable bonds is 5. The highest BCUT2D eigenvalue weighted by Crippen LogP contribution is 2.44. The number of aromatic nitrogens is 2. The SMILES string of the molecule is CC(=O)OCC12CN(S(=O)(=O)c3ccc4cc(Cl)ccc4c3)CC(=O)N1CC1(CCN(c3ccnc(Cl)n3)CC1)O2. The number of piperazine rings is 1. The molecule has 14 heteroatoms. The van der Waals surface area contributed by atoms with Gasteiger partial charge in [-0.25, -0.2) is 18.4 Å². The molecule has 0 bridgehead atoms. The molecule has 11 nitrogen and oxygen atoms in total. The summed E-state index contributed by atoms with van der Waals surface area (Å²) in [5, 5.41) is 2.18. The van der Waals surface area contributed by atoms with Crippen LogP contribution in [0, 0.1) is 0 Å². The van der Waals surface area contributed by atoms with Gasteiger partial charge in [0.15, 0.2) is 5.72 Å². The number of sulfonamides is 1. The van der Waals surface area contributed by atoms with Crippen molar-refractivity contribution < 1.29 is 27.5 Å². The molecule has 3 aliphatic rings. The topological polar surface area (TPSA) is 122 Å². The van der Waals surface area contributed by atoms with Crippen LogP contribution in [0.2, 0.25) is 10.3 Å². The fraction of sp³-hybridized carbons (Fsp3) is 0.407. The molecule has 0 aliphatic carbocycles. The zero-order chi connectivity index (χ0) is 29.0. The molecular weight excluding hydrogens is 593 g/mol. The number of hydrogen-bond acceptors (Lipinski definition) is 9. The van der Waals surface area contributed by atoms with Crippen molar-refractivity contribution in [3.63, 3.8) is 0 Å². The van der Waals surface area contributed by atoms with E-state index < -0.39 is 33.2 Å². The van der Waals surface area contributed by atoms with Crippen LogP contribution in [0.3, 0.4) is 0 Å². The van der Waals surface area contributed by atoms with Crippen LogP contribution in [0.4, 0.5) is 5.82 Å². The van der Waals surface area contributed by atoms with Crippen LogP contribution in [0.5, 0.6) is 0 Å². The van der Waals surface area contributed by atoms with E-state index in [-0.39, 0.29) is 36.4 Å². The highest BCUT2D eigenvalue weighted by Gasteiger charge is 2.61. The van der Waals surface area contributed by atoms with Gasteiger partial charge in [-0.1, -0.05) is 23.7 Å². The number of hydrogen-bond donors (Lipinski definition) is 0. The number of esters is 1. The second-order valence-corrected chi connectivity index (χ2v) is 13.3. The Morgan fingerprint density at radius 2 is 1.80 bits per heavy atom. The van der Waals surface area contributed by atoms with Crippen LogP contribution >= 0.6 is 23.2 Å². The molecule has 3 saturated heterocycles. The highest BCUT2D eigenvalue weighted by molar-refractivity contribution is 7.89. The van der Waals surface area contributed by atoms with Crippen LogP contribution in [-0.4, -0.2) is 90.1 Å². The molecule has 1 atom stereocenters. The maximum atomic E-state index is 13.8. The molecule has 3 aromatic rings. The van der Waals surface area contributed by atoms with Gasteiger partial charge < -0.3 is 19.3 Å². The summed E-state index contributed by atoms with van der Waals surface area (Å²) < 4.78 is 40.9. The molecule has 1 aromatic heterocycles. The van der Waals surface area contributed by atoms with Gasteiger partial charge >= 0.3 is 5.97 Å². The zero-order valence-corrected chi connectivity index (χ0v) is 24.5. The molecule has 41 heavy (non-hydrogen) atoms. The molecule has 0 saturated carbocycles. The van der Waals surface area contributed by atoms with Crippen LogP contribution in [0.15, 0.2) is 53.6 Å². The Labute approximate surface area is 247 Å². The third-order valence-electron chi connectivity index (χ3n) is 7.90. The largest absolute Gasteiger partial charge is 0.461 e.